The van der Waals surface area contributed by atoms with Crippen LogP contribution in [0, 0.1) is 11.3 Å². The van der Waals surface area contributed by atoms with Crippen molar-refractivity contribution in [3.8, 4) is 0 Å². The Balaban J connectivity index is 1.79. The molecule has 2 rings (SSSR count). The van der Waals surface area contributed by atoms with Crippen LogP contribution in [0.4, 0.5) is 0 Å². The van der Waals surface area contributed by atoms with E-state index in [1.807, 2.05) is 0 Å². The van der Waals surface area contributed by atoms with Gasteiger partial charge in [0.25, 0.3) is 0 Å². The van der Waals surface area contributed by atoms with E-state index in [1.165, 1.54) is 0 Å². The van der Waals surface area contributed by atoms with Gasteiger partial charge in [-0.3, -0.25) is 4.79 Å². The predicted molar refractivity (Wildman–Crippen MR) is 64.5 cm³/mol. The summed E-state index contributed by atoms with van der Waals surface area (Å²) in [5.74, 6) is 0.410. The summed E-state index contributed by atoms with van der Waals surface area (Å²) in [6.45, 7) is 2.57. The number of rotatable bonds is 4. The maximum Gasteiger partial charge on any atom is 0.313 e. The van der Waals surface area contributed by atoms with Crippen molar-refractivity contribution in [3.63, 3.8) is 0 Å². The molecule has 1 saturated carbocycles. The standard InChI is InChI=1S/C13H23NO3/c14-10-13(5-1-2-6-13)12(15)17-9-11-3-7-16-8-4-11/h11H,1-10,14H2. The van der Waals surface area contributed by atoms with Crippen molar-refractivity contribution in [2.24, 2.45) is 17.1 Å². The second kappa shape index (κ2) is 5.83. The predicted octanol–water partition coefficient (Wildman–Crippen LogP) is 1.48. The minimum absolute atomic E-state index is 0.0657. The van der Waals surface area contributed by atoms with Gasteiger partial charge >= 0.3 is 5.97 Å². The lowest BCUT2D eigenvalue weighted by Gasteiger charge is -2.27. The fraction of sp³-hybridized carbons (Fsp3) is 0.923. The fourth-order valence-electron chi connectivity index (χ4n) is 2.80. The molecule has 4 nitrogen and oxygen atoms in total. The smallest absolute Gasteiger partial charge is 0.313 e. The van der Waals surface area contributed by atoms with E-state index in [0.717, 1.165) is 51.7 Å². The van der Waals surface area contributed by atoms with Crippen molar-refractivity contribution < 1.29 is 14.3 Å². The SMILES string of the molecule is NCC1(C(=O)OCC2CCOCC2)CCCC1. The van der Waals surface area contributed by atoms with E-state index in [-0.39, 0.29) is 11.4 Å². The third kappa shape index (κ3) is 2.99. The molecule has 0 aromatic rings. The van der Waals surface area contributed by atoms with Crippen LogP contribution in [0.15, 0.2) is 0 Å². The molecule has 0 amide bonds. The van der Waals surface area contributed by atoms with Gasteiger partial charge in [-0.1, -0.05) is 12.8 Å². The molecule has 98 valence electrons. The number of nitrogens with two attached hydrogens (primary N) is 1. The van der Waals surface area contributed by atoms with Crippen LogP contribution >= 0.6 is 0 Å². The number of hydrogen-bond acceptors (Lipinski definition) is 4. The third-order valence-corrected chi connectivity index (χ3v) is 4.18. The van der Waals surface area contributed by atoms with E-state index in [2.05, 4.69) is 0 Å². The first-order valence-electron chi connectivity index (χ1n) is 6.72. The first-order valence-corrected chi connectivity index (χ1v) is 6.72. The highest BCUT2D eigenvalue weighted by molar-refractivity contribution is 5.77. The van der Waals surface area contributed by atoms with E-state index in [0.29, 0.717) is 19.1 Å². The molecule has 1 heterocycles. The Morgan fingerprint density at radius 3 is 2.53 bits per heavy atom. The van der Waals surface area contributed by atoms with Gasteiger partial charge in [0.2, 0.25) is 0 Å². The van der Waals surface area contributed by atoms with Crippen LogP contribution in [-0.2, 0) is 14.3 Å². The van der Waals surface area contributed by atoms with E-state index in [9.17, 15) is 4.79 Å². The van der Waals surface area contributed by atoms with Crippen LogP contribution in [0.2, 0.25) is 0 Å². The molecule has 0 aromatic heterocycles. The average molecular weight is 241 g/mol. The number of hydrogen-bond donors (Lipinski definition) is 1. The summed E-state index contributed by atoms with van der Waals surface area (Å²) >= 11 is 0. The van der Waals surface area contributed by atoms with Crippen LogP contribution in [0.25, 0.3) is 0 Å². The monoisotopic (exact) mass is 241 g/mol. The lowest BCUT2D eigenvalue weighted by atomic mass is 9.86. The maximum absolute atomic E-state index is 12.1. The normalized spacial score (nSPS) is 24.8. The second-order valence-electron chi connectivity index (χ2n) is 5.35. The van der Waals surface area contributed by atoms with Crippen LogP contribution < -0.4 is 5.73 Å². The largest absolute Gasteiger partial charge is 0.465 e. The number of carbonyl (C=O) groups is 1. The zero-order chi connectivity index (χ0) is 12.1. The van der Waals surface area contributed by atoms with Crippen LogP contribution in [0.5, 0.6) is 0 Å². The van der Waals surface area contributed by atoms with Gasteiger partial charge in [0.1, 0.15) is 0 Å². The summed E-state index contributed by atoms with van der Waals surface area (Å²) in [6.07, 6.45) is 6.01. The summed E-state index contributed by atoms with van der Waals surface area (Å²) in [5, 5.41) is 0. The topological polar surface area (TPSA) is 61.6 Å². The molecule has 2 fully saturated rings. The van der Waals surface area contributed by atoms with Gasteiger partial charge in [-0.2, -0.15) is 0 Å². The van der Waals surface area contributed by atoms with Gasteiger partial charge in [-0.15, -0.1) is 0 Å². The van der Waals surface area contributed by atoms with Gasteiger partial charge in [0.05, 0.1) is 12.0 Å². The van der Waals surface area contributed by atoms with Crippen molar-refractivity contribution >= 4 is 5.97 Å². The van der Waals surface area contributed by atoms with Gasteiger partial charge < -0.3 is 15.2 Å². The minimum atomic E-state index is -0.370. The number of carbonyl (C=O) groups excluding carboxylic acids is 1. The van der Waals surface area contributed by atoms with Crippen LogP contribution in [-0.4, -0.2) is 32.3 Å². The summed E-state index contributed by atoms with van der Waals surface area (Å²) in [5.41, 5.74) is 5.39. The average Bonchev–Trinajstić information content (AvgIpc) is 2.87. The van der Waals surface area contributed by atoms with E-state index < -0.39 is 0 Å². The van der Waals surface area contributed by atoms with Crippen LogP contribution in [0.1, 0.15) is 38.5 Å². The van der Waals surface area contributed by atoms with Crippen LogP contribution in [0.3, 0.4) is 0 Å². The molecule has 4 heteroatoms. The highest BCUT2D eigenvalue weighted by Gasteiger charge is 2.41. The second-order valence-corrected chi connectivity index (χ2v) is 5.35. The summed E-state index contributed by atoms with van der Waals surface area (Å²) < 4.78 is 10.8. The zero-order valence-corrected chi connectivity index (χ0v) is 10.5. The molecular weight excluding hydrogens is 218 g/mol. The van der Waals surface area contributed by atoms with Gasteiger partial charge in [-0.05, 0) is 31.6 Å². The Hall–Kier alpha value is -0.610. The quantitative estimate of drug-likeness (QED) is 0.757. The lowest BCUT2D eigenvalue weighted by molar-refractivity contribution is -0.157. The zero-order valence-electron chi connectivity index (χ0n) is 10.5. The third-order valence-electron chi connectivity index (χ3n) is 4.18. The Bertz CT molecular complexity index is 255. The summed E-state index contributed by atoms with van der Waals surface area (Å²) in [6, 6.07) is 0. The van der Waals surface area contributed by atoms with E-state index >= 15 is 0 Å². The van der Waals surface area contributed by atoms with Gasteiger partial charge in [-0.25, -0.2) is 0 Å². The minimum Gasteiger partial charge on any atom is -0.465 e. The lowest BCUT2D eigenvalue weighted by Crippen LogP contribution is -2.38. The molecular formula is C13H23NO3. The highest BCUT2D eigenvalue weighted by atomic mass is 16.5. The first kappa shape index (κ1) is 12.8. The molecule has 1 aliphatic heterocycles. The molecule has 0 unspecified atom stereocenters. The Morgan fingerprint density at radius 2 is 1.94 bits per heavy atom. The molecule has 1 aliphatic carbocycles. The number of esters is 1. The Morgan fingerprint density at radius 1 is 1.29 bits per heavy atom. The maximum atomic E-state index is 12.1. The Kier molecular flexibility index (Phi) is 4.40. The first-order chi connectivity index (χ1) is 8.27. The Labute approximate surface area is 103 Å². The molecule has 0 atom stereocenters. The molecule has 17 heavy (non-hydrogen) atoms. The molecule has 2 aliphatic rings. The van der Waals surface area contributed by atoms with E-state index in [4.69, 9.17) is 15.2 Å². The van der Waals surface area contributed by atoms with E-state index in [1.54, 1.807) is 0 Å². The molecule has 0 spiro atoms. The van der Waals surface area contributed by atoms with Crippen molar-refractivity contribution in [1.29, 1.82) is 0 Å². The molecule has 1 saturated heterocycles. The molecule has 0 radical (unpaired) electrons. The fourth-order valence-corrected chi connectivity index (χ4v) is 2.80. The van der Waals surface area contributed by atoms with Crippen molar-refractivity contribution in [2.75, 3.05) is 26.4 Å². The molecule has 0 bridgehead atoms. The number of ether oxygens (including phenoxy) is 2. The molecule has 0 aromatic carbocycles. The van der Waals surface area contributed by atoms with Crippen molar-refractivity contribution in [2.45, 2.75) is 38.5 Å². The summed E-state index contributed by atoms with van der Waals surface area (Å²) in [4.78, 5) is 12.1. The molecule has 2 N–H and O–H groups in total. The van der Waals surface area contributed by atoms with Crippen molar-refractivity contribution in [3.05, 3.63) is 0 Å². The summed E-state index contributed by atoms with van der Waals surface area (Å²) in [7, 11) is 0. The van der Waals surface area contributed by atoms with Gasteiger partial charge in [0.15, 0.2) is 0 Å². The highest BCUT2D eigenvalue weighted by Crippen LogP contribution is 2.38. The van der Waals surface area contributed by atoms with Crippen molar-refractivity contribution in [1.82, 2.24) is 0 Å². The van der Waals surface area contributed by atoms with Gasteiger partial charge in [0, 0.05) is 19.8 Å².